The lowest BCUT2D eigenvalue weighted by atomic mass is 9.78. The maximum absolute atomic E-state index is 13.0. The van der Waals surface area contributed by atoms with Crippen molar-refractivity contribution in [1.29, 1.82) is 0 Å². The van der Waals surface area contributed by atoms with Gasteiger partial charge in [0.05, 0.1) is 11.9 Å². The lowest BCUT2D eigenvalue weighted by Crippen LogP contribution is -2.25. The fourth-order valence-electron chi connectivity index (χ4n) is 4.58. The predicted molar refractivity (Wildman–Crippen MR) is 104 cm³/mol. The third kappa shape index (κ3) is 2.65. The molecule has 5 rings (SSSR count). The van der Waals surface area contributed by atoms with Crippen LogP contribution in [0.25, 0.3) is 5.69 Å². The number of fused-ring (bicyclic) bond motifs is 2. The second-order valence-corrected chi connectivity index (χ2v) is 7.73. The van der Waals surface area contributed by atoms with Crippen molar-refractivity contribution in [2.45, 2.75) is 38.0 Å². The maximum Gasteiger partial charge on any atom is 0.229 e. The fraction of sp³-hybridized carbons (Fsp3) is 0.318. The number of benzene rings is 1. The number of pyridine rings is 1. The molecular weight excluding hydrogens is 336 g/mol. The molecule has 0 aliphatic heterocycles. The molecule has 2 aliphatic carbocycles. The Kier molecular flexibility index (Phi) is 3.64. The number of carbonyl (C=O) groups is 1. The summed E-state index contributed by atoms with van der Waals surface area (Å²) in [7, 11) is 0. The van der Waals surface area contributed by atoms with Gasteiger partial charge in [-0.3, -0.25) is 9.78 Å². The number of carbonyl (C=O) groups excluding carboxylic acids is 1. The van der Waals surface area contributed by atoms with Crippen molar-refractivity contribution in [2.24, 2.45) is 5.92 Å². The Morgan fingerprint density at radius 1 is 1.26 bits per heavy atom. The van der Waals surface area contributed by atoms with Crippen LogP contribution >= 0.6 is 0 Å². The highest BCUT2D eigenvalue weighted by Gasteiger charge is 2.60. The molecule has 1 aromatic carbocycles. The molecule has 0 saturated heterocycles. The van der Waals surface area contributed by atoms with Gasteiger partial charge >= 0.3 is 0 Å². The van der Waals surface area contributed by atoms with E-state index in [0.29, 0.717) is 5.82 Å². The van der Waals surface area contributed by atoms with E-state index in [1.54, 1.807) is 17.1 Å². The highest BCUT2D eigenvalue weighted by molar-refractivity contribution is 5.96. The highest BCUT2D eigenvalue weighted by Crippen LogP contribution is 2.60. The Balaban J connectivity index is 1.37. The molecule has 0 radical (unpaired) electrons. The Labute approximate surface area is 158 Å². The number of hydrogen-bond donors (Lipinski definition) is 1. The number of hydrogen-bond acceptors (Lipinski definition) is 3. The zero-order valence-electron chi connectivity index (χ0n) is 15.4. The molecule has 2 aromatic heterocycles. The van der Waals surface area contributed by atoms with Crippen LogP contribution < -0.4 is 5.32 Å². The Bertz CT molecular complexity index is 1010. The summed E-state index contributed by atoms with van der Waals surface area (Å²) in [4.78, 5) is 17.1. The van der Waals surface area contributed by atoms with Crippen LogP contribution in [-0.4, -0.2) is 20.7 Å². The molecule has 2 atom stereocenters. The van der Waals surface area contributed by atoms with Gasteiger partial charge in [0.15, 0.2) is 5.82 Å². The van der Waals surface area contributed by atoms with E-state index in [9.17, 15) is 4.79 Å². The second kappa shape index (κ2) is 6.05. The third-order valence-electron chi connectivity index (χ3n) is 6.06. The number of amides is 1. The summed E-state index contributed by atoms with van der Waals surface area (Å²) in [6.45, 7) is 1.97. The van der Waals surface area contributed by atoms with Gasteiger partial charge in [-0.15, -0.1) is 5.10 Å². The fourth-order valence-corrected chi connectivity index (χ4v) is 4.58. The first-order valence-corrected chi connectivity index (χ1v) is 9.53. The van der Waals surface area contributed by atoms with Crippen LogP contribution in [0.15, 0.2) is 55.0 Å². The van der Waals surface area contributed by atoms with Crippen LogP contribution in [0.2, 0.25) is 0 Å². The average Bonchev–Trinajstić information content (AvgIpc) is 3.30. The molecule has 1 spiro atoms. The summed E-state index contributed by atoms with van der Waals surface area (Å²) in [5, 5.41) is 7.63. The monoisotopic (exact) mass is 358 g/mol. The molecule has 0 bridgehead atoms. The molecule has 2 aliphatic rings. The molecular formula is C22H22N4O. The van der Waals surface area contributed by atoms with Crippen molar-refractivity contribution >= 4 is 11.7 Å². The largest absolute Gasteiger partial charge is 0.309 e. The Hall–Kier alpha value is -2.95. The van der Waals surface area contributed by atoms with Crippen LogP contribution in [0.4, 0.5) is 5.82 Å². The first kappa shape index (κ1) is 16.2. The molecule has 5 heteroatoms. The van der Waals surface area contributed by atoms with Crippen molar-refractivity contribution in [2.75, 3.05) is 5.32 Å². The molecule has 1 N–H and O–H groups in total. The first-order valence-electron chi connectivity index (χ1n) is 9.53. The minimum atomic E-state index is 0.0404. The molecule has 136 valence electrons. The highest BCUT2D eigenvalue weighted by atomic mass is 16.2. The Morgan fingerprint density at radius 2 is 2.15 bits per heavy atom. The lowest BCUT2D eigenvalue weighted by Gasteiger charge is -2.26. The summed E-state index contributed by atoms with van der Waals surface area (Å²) in [5.41, 5.74) is 4.67. The molecule has 27 heavy (non-hydrogen) atoms. The average molecular weight is 358 g/mol. The SMILES string of the molecule is Cc1cn(-c2cccnc2)nc1NC(=O)C1CC12CCCc1ccccc12. The number of anilines is 1. The number of nitrogens with zero attached hydrogens (tertiary/aromatic N) is 3. The van der Waals surface area contributed by atoms with Gasteiger partial charge in [-0.2, -0.15) is 0 Å². The van der Waals surface area contributed by atoms with Crippen molar-refractivity contribution in [3.63, 3.8) is 0 Å². The van der Waals surface area contributed by atoms with Gasteiger partial charge in [0.25, 0.3) is 0 Å². The quantitative estimate of drug-likeness (QED) is 0.774. The summed E-state index contributed by atoms with van der Waals surface area (Å²) in [5.74, 6) is 0.767. The standard InChI is InChI=1S/C22H22N4O/c1-15-14-26(17-8-5-11-23-13-17)25-20(15)24-21(27)19-12-22(19)10-4-7-16-6-2-3-9-18(16)22/h2-3,5-6,8-9,11,13-14,19H,4,7,10,12H2,1H3,(H,24,25,27). The van der Waals surface area contributed by atoms with Crippen LogP contribution in [0.3, 0.4) is 0 Å². The molecule has 2 unspecified atom stereocenters. The zero-order valence-corrected chi connectivity index (χ0v) is 15.4. The topological polar surface area (TPSA) is 59.8 Å². The smallest absolute Gasteiger partial charge is 0.229 e. The van der Waals surface area contributed by atoms with E-state index < -0.39 is 0 Å². The molecule has 1 amide bonds. The molecule has 3 aromatic rings. The summed E-state index contributed by atoms with van der Waals surface area (Å²) in [6, 6.07) is 12.4. The van der Waals surface area contributed by atoms with Gasteiger partial charge in [0, 0.05) is 29.3 Å². The van der Waals surface area contributed by atoms with E-state index in [4.69, 9.17) is 0 Å². The molecule has 1 fully saturated rings. The number of nitrogens with one attached hydrogen (secondary N) is 1. The van der Waals surface area contributed by atoms with Gasteiger partial charge < -0.3 is 5.32 Å². The van der Waals surface area contributed by atoms with E-state index >= 15 is 0 Å². The number of aryl methyl sites for hydroxylation is 2. The van der Waals surface area contributed by atoms with Gasteiger partial charge in [0.1, 0.15) is 0 Å². The number of rotatable bonds is 3. The van der Waals surface area contributed by atoms with E-state index in [-0.39, 0.29) is 17.2 Å². The molecule has 5 nitrogen and oxygen atoms in total. The van der Waals surface area contributed by atoms with Crippen LogP contribution in [0.5, 0.6) is 0 Å². The van der Waals surface area contributed by atoms with E-state index in [1.165, 1.54) is 11.1 Å². The summed E-state index contributed by atoms with van der Waals surface area (Å²) >= 11 is 0. The number of aromatic nitrogens is 3. The third-order valence-corrected chi connectivity index (χ3v) is 6.06. The van der Waals surface area contributed by atoms with Crippen molar-refractivity contribution in [1.82, 2.24) is 14.8 Å². The van der Waals surface area contributed by atoms with Gasteiger partial charge in [-0.05, 0) is 55.9 Å². The summed E-state index contributed by atoms with van der Waals surface area (Å²) in [6.07, 6.45) is 9.74. The normalized spacial score (nSPS) is 23.1. The lowest BCUT2D eigenvalue weighted by molar-refractivity contribution is -0.117. The van der Waals surface area contributed by atoms with Crippen LogP contribution in [-0.2, 0) is 16.6 Å². The predicted octanol–water partition coefficient (Wildman–Crippen LogP) is 3.81. The second-order valence-electron chi connectivity index (χ2n) is 7.73. The van der Waals surface area contributed by atoms with Crippen molar-refractivity contribution < 1.29 is 4.79 Å². The first-order chi connectivity index (χ1) is 13.2. The zero-order chi connectivity index (χ0) is 18.4. The van der Waals surface area contributed by atoms with Crippen LogP contribution in [0, 0.1) is 12.8 Å². The van der Waals surface area contributed by atoms with Gasteiger partial charge in [-0.25, -0.2) is 4.68 Å². The molecule has 1 saturated carbocycles. The van der Waals surface area contributed by atoms with E-state index in [0.717, 1.165) is 36.9 Å². The van der Waals surface area contributed by atoms with Crippen LogP contribution in [0.1, 0.15) is 36.0 Å². The minimum Gasteiger partial charge on any atom is -0.309 e. The van der Waals surface area contributed by atoms with Gasteiger partial charge in [-0.1, -0.05) is 24.3 Å². The van der Waals surface area contributed by atoms with Gasteiger partial charge in [0.2, 0.25) is 5.91 Å². The molecule has 2 heterocycles. The van der Waals surface area contributed by atoms with E-state index in [1.807, 2.05) is 25.3 Å². The maximum atomic E-state index is 13.0. The van der Waals surface area contributed by atoms with Crippen molar-refractivity contribution in [3.8, 4) is 5.69 Å². The summed E-state index contributed by atoms with van der Waals surface area (Å²) < 4.78 is 1.76. The van der Waals surface area contributed by atoms with Crippen molar-refractivity contribution in [3.05, 3.63) is 71.7 Å². The Morgan fingerprint density at radius 3 is 3.00 bits per heavy atom. The van der Waals surface area contributed by atoms with E-state index in [2.05, 4.69) is 39.7 Å². The minimum absolute atomic E-state index is 0.0404.